The predicted molar refractivity (Wildman–Crippen MR) is 139 cm³/mol. The fourth-order valence-electron chi connectivity index (χ4n) is 4.79. The molecule has 37 heavy (non-hydrogen) atoms. The zero-order chi connectivity index (χ0) is 26.4. The van der Waals surface area contributed by atoms with Crippen molar-refractivity contribution < 1.29 is 23.5 Å². The van der Waals surface area contributed by atoms with Gasteiger partial charge in [0, 0.05) is 44.0 Å². The Morgan fingerprint density at radius 2 is 1.76 bits per heavy atom. The predicted octanol–water partition coefficient (Wildman–Crippen LogP) is 4.02. The van der Waals surface area contributed by atoms with Crippen molar-refractivity contribution in [2.75, 3.05) is 32.8 Å². The summed E-state index contributed by atoms with van der Waals surface area (Å²) in [6.45, 7) is 7.00. The summed E-state index contributed by atoms with van der Waals surface area (Å²) in [6.07, 6.45) is 5.15. The van der Waals surface area contributed by atoms with Crippen molar-refractivity contribution in [1.82, 2.24) is 14.8 Å². The SMILES string of the molecule is CC(C)OC(=O)N1CCC(COc2ccc(-c3ccc(C[C@H](N)C(=O)N4CCCC4)c(F)c3)cn2)CC1. The Labute approximate surface area is 217 Å². The van der Waals surface area contributed by atoms with Crippen molar-refractivity contribution >= 4 is 12.0 Å². The molecular weight excluding hydrogens is 475 g/mol. The van der Waals surface area contributed by atoms with Gasteiger partial charge in [0.15, 0.2) is 0 Å². The summed E-state index contributed by atoms with van der Waals surface area (Å²) < 4.78 is 26.0. The second kappa shape index (κ2) is 12.4. The van der Waals surface area contributed by atoms with E-state index >= 15 is 0 Å². The van der Waals surface area contributed by atoms with Gasteiger partial charge in [0.2, 0.25) is 11.8 Å². The minimum atomic E-state index is -0.738. The first-order chi connectivity index (χ1) is 17.8. The molecule has 9 heteroatoms. The lowest BCUT2D eigenvalue weighted by Crippen LogP contribution is -2.43. The summed E-state index contributed by atoms with van der Waals surface area (Å²) in [6, 6.07) is 7.86. The van der Waals surface area contributed by atoms with Gasteiger partial charge in [-0.1, -0.05) is 12.1 Å². The van der Waals surface area contributed by atoms with Crippen LogP contribution in [0.2, 0.25) is 0 Å². The molecule has 2 aromatic rings. The molecule has 2 aliphatic rings. The summed E-state index contributed by atoms with van der Waals surface area (Å²) in [4.78, 5) is 32.4. The number of carbonyl (C=O) groups is 2. The summed E-state index contributed by atoms with van der Waals surface area (Å²) in [5, 5.41) is 0. The topological polar surface area (TPSA) is 98.0 Å². The van der Waals surface area contributed by atoms with Gasteiger partial charge in [0.1, 0.15) is 5.82 Å². The van der Waals surface area contributed by atoms with Crippen molar-refractivity contribution in [3.8, 4) is 17.0 Å². The normalized spacial score (nSPS) is 17.2. The van der Waals surface area contributed by atoms with E-state index in [1.807, 2.05) is 26.0 Å². The van der Waals surface area contributed by atoms with E-state index in [-0.39, 0.29) is 30.3 Å². The lowest BCUT2D eigenvalue weighted by Gasteiger charge is -2.31. The first-order valence-electron chi connectivity index (χ1n) is 13.2. The van der Waals surface area contributed by atoms with E-state index in [2.05, 4.69) is 4.98 Å². The number of hydrogen-bond donors (Lipinski definition) is 1. The number of aromatic nitrogens is 1. The Kier molecular flexibility index (Phi) is 8.97. The molecule has 1 aromatic heterocycles. The van der Waals surface area contributed by atoms with Crippen LogP contribution in [0, 0.1) is 11.7 Å². The lowest BCUT2D eigenvalue weighted by atomic mass is 9.98. The standard InChI is InChI=1S/C28H37FN4O4/c1-19(2)37-28(35)33-13-9-20(10-14-33)18-36-26-8-7-23(17-31-26)21-5-6-22(24(29)15-21)16-25(30)27(34)32-11-3-4-12-32/h5-8,15,17,19-20,25H,3-4,9-14,16,18,30H2,1-2H3/t25-/m0/s1. The Balaban J connectivity index is 1.26. The molecule has 2 aliphatic heterocycles. The van der Waals surface area contributed by atoms with Crippen LogP contribution in [-0.4, -0.2) is 71.7 Å². The van der Waals surface area contributed by atoms with Crippen LogP contribution in [0.5, 0.6) is 5.88 Å². The highest BCUT2D eigenvalue weighted by molar-refractivity contribution is 5.82. The van der Waals surface area contributed by atoms with Crippen molar-refractivity contribution in [3.63, 3.8) is 0 Å². The zero-order valence-electron chi connectivity index (χ0n) is 21.7. The number of halogens is 1. The number of pyridine rings is 1. The Morgan fingerprint density at radius 3 is 2.38 bits per heavy atom. The van der Waals surface area contributed by atoms with Crippen LogP contribution in [0.25, 0.3) is 11.1 Å². The maximum Gasteiger partial charge on any atom is 0.410 e. The van der Waals surface area contributed by atoms with E-state index in [1.54, 1.807) is 28.1 Å². The van der Waals surface area contributed by atoms with Crippen molar-refractivity contribution in [1.29, 1.82) is 0 Å². The highest BCUT2D eigenvalue weighted by atomic mass is 19.1. The fourth-order valence-corrected chi connectivity index (χ4v) is 4.79. The first kappa shape index (κ1) is 26.9. The molecule has 200 valence electrons. The number of benzene rings is 1. The molecule has 0 saturated carbocycles. The largest absolute Gasteiger partial charge is 0.477 e. The van der Waals surface area contributed by atoms with Gasteiger partial charge in [0.05, 0.1) is 18.8 Å². The fraction of sp³-hybridized carbons (Fsp3) is 0.536. The molecule has 1 atom stereocenters. The molecule has 0 unspecified atom stereocenters. The van der Waals surface area contributed by atoms with Gasteiger partial charge < -0.3 is 25.0 Å². The molecule has 0 bridgehead atoms. The highest BCUT2D eigenvalue weighted by Gasteiger charge is 2.26. The molecule has 2 fully saturated rings. The molecule has 1 aromatic carbocycles. The minimum absolute atomic E-state index is 0.111. The maximum atomic E-state index is 14.8. The number of amides is 2. The average Bonchev–Trinajstić information content (AvgIpc) is 3.43. The average molecular weight is 513 g/mol. The van der Waals surface area contributed by atoms with Gasteiger partial charge in [-0.3, -0.25) is 4.79 Å². The van der Waals surface area contributed by atoms with E-state index in [9.17, 15) is 14.0 Å². The molecule has 0 aliphatic carbocycles. The van der Waals surface area contributed by atoms with Crippen molar-refractivity contribution in [3.05, 3.63) is 47.9 Å². The molecule has 0 radical (unpaired) electrons. The summed E-state index contributed by atoms with van der Waals surface area (Å²) >= 11 is 0. The van der Waals surface area contributed by atoms with Crippen LogP contribution in [0.3, 0.4) is 0 Å². The molecule has 8 nitrogen and oxygen atoms in total. The summed E-state index contributed by atoms with van der Waals surface area (Å²) in [7, 11) is 0. The number of carbonyl (C=O) groups excluding carboxylic acids is 2. The molecule has 3 heterocycles. The second-order valence-electron chi connectivity index (χ2n) is 10.2. The van der Waals surface area contributed by atoms with E-state index in [4.69, 9.17) is 15.2 Å². The monoisotopic (exact) mass is 512 g/mol. The molecule has 0 spiro atoms. The number of nitrogens with zero attached hydrogens (tertiary/aromatic N) is 3. The highest BCUT2D eigenvalue weighted by Crippen LogP contribution is 2.25. The van der Waals surface area contributed by atoms with Crippen molar-refractivity contribution in [2.45, 2.75) is 58.1 Å². The van der Waals surface area contributed by atoms with Crippen LogP contribution >= 0.6 is 0 Å². The molecule has 2 N–H and O–H groups in total. The van der Waals surface area contributed by atoms with Gasteiger partial charge in [-0.25, -0.2) is 14.2 Å². The Hall–Kier alpha value is -3.20. The molecule has 2 saturated heterocycles. The summed E-state index contributed by atoms with van der Waals surface area (Å²) in [5.41, 5.74) is 7.97. The molecular formula is C28H37FN4O4. The third-order valence-electron chi connectivity index (χ3n) is 6.97. The van der Waals surface area contributed by atoms with Crippen LogP contribution in [-0.2, 0) is 16.0 Å². The number of nitrogens with two attached hydrogens (primary N) is 1. The second-order valence-corrected chi connectivity index (χ2v) is 10.2. The number of likely N-dealkylation sites (tertiary alicyclic amines) is 2. The van der Waals surface area contributed by atoms with Gasteiger partial charge in [0.25, 0.3) is 0 Å². The van der Waals surface area contributed by atoms with E-state index < -0.39 is 6.04 Å². The third-order valence-corrected chi connectivity index (χ3v) is 6.97. The van der Waals surface area contributed by atoms with Gasteiger partial charge in [-0.05, 0) is 75.1 Å². The number of rotatable bonds is 8. The van der Waals surface area contributed by atoms with Gasteiger partial charge >= 0.3 is 6.09 Å². The van der Waals surface area contributed by atoms with E-state index in [1.165, 1.54) is 6.07 Å². The lowest BCUT2D eigenvalue weighted by molar-refractivity contribution is -0.131. The number of hydrogen-bond acceptors (Lipinski definition) is 6. The first-order valence-corrected chi connectivity index (χ1v) is 13.2. The number of ether oxygens (including phenoxy) is 2. The quantitative estimate of drug-likeness (QED) is 0.574. The van der Waals surface area contributed by atoms with Crippen molar-refractivity contribution in [2.24, 2.45) is 11.7 Å². The molecule has 2 amide bonds. The smallest absolute Gasteiger partial charge is 0.410 e. The Morgan fingerprint density at radius 1 is 1.05 bits per heavy atom. The molecule has 4 rings (SSSR count). The van der Waals surface area contributed by atoms with Crippen LogP contribution in [0.15, 0.2) is 36.5 Å². The number of piperidine rings is 1. The van der Waals surface area contributed by atoms with Crippen LogP contribution in [0.4, 0.5) is 9.18 Å². The maximum absolute atomic E-state index is 14.8. The van der Waals surface area contributed by atoms with E-state index in [0.717, 1.165) is 44.3 Å². The zero-order valence-corrected chi connectivity index (χ0v) is 21.7. The Bertz CT molecular complexity index is 1060. The minimum Gasteiger partial charge on any atom is -0.477 e. The van der Waals surface area contributed by atoms with Crippen LogP contribution < -0.4 is 10.5 Å². The van der Waals surface area contributed by atoms with Crippen LogP contribution in [0.1, 0.15) is 45.1 Å². The van der Waals surface area contributed by atoms with Gasteiger partial charge in [-0.2, -0.15) is 0 Å². The van der Waals surface area contributed by atoms with E-state index in [0.29, 0.717) is 42.6 Å². The summed E-state index contributed by atoms with van der Waals surface area (Å²) in [5.74, 6) is 0.356. The van der Waals surface area contributed by atoms with Gasteiger partial charge in [-0.15, -0.1) is 0 Å². The third kappa shape index (κ3) is 7.19.